The maximum absolute atomic E-state index is 13.4. The summed E-state index contributed by atoms with van der Waals surface area (Å²) in [6.45, 7) is 1.44. The van der Waals surface area contributed by atoms with Crippen molar-refractivity contribution in [2.75, 3.05) is 0 Å². The third-order valence-electron chi connectivity index (χ3n) is 2.11. The lowest BCUT2D eigenvalue weighted by Crippen LogP contribution is -2.34. The first kappa shape index (κ1) is 14.4. The number of hydrogen-bond acceptors (Lipinski definition) is 2. The molecular weight excluding hydrogens is 268 g/mol. The maximum Gasteiger partial charge on any atom is 0.305 e. The van der Waals surface area contributed by atoms with Gasteiger partial charge in [0, 0.05) is 6.04 Å². The summed E-state index contributed by atoms with van der Waals surface area (Å²) in [4.78, 5) is 22.0. The molecule has 0 fully saturated rings. The Bertz CT molecular complexity index is 493. The molecule has 0 spiro atoms. The van der Waals surface area contributed by atoms with Crippen molar-refractivity contribution in [1.29, 1.82) is 0 Å². The molecule has 0 aliphatic carbocycles. The fraction of sp³-hybridized carbons (Fsp3) is 0.273. The van der Waals surface area contributed by atoms with Crippen LogP contribution >= 0.6 is 11.6 Å². The van der Waals surface area contributed by atoms with Gasteiger partial charge in [0.25, 0.3) is 5.91 Å². The van der Waals surface area contributed by atoms with Gasteiger partial charge >= 0.3 is 5.97 Å². The second-order valence-corrected chi connectivity index (χ2v) is 4.13. The topological polar surface area (TPSA) is 66.4 Å². The summed E-state index contributed by atoms with van der Waals surface area (Å²) in [5.41, 5.74) is -0.519. The lowest BCUT2D eigenvalue weighted by Gasteiger charge is -2.12. The van der Waals surface area contributed by atoms with Crippen LogP contribution in [-0.2, 0) is 4.79 Å². The number of amides is 1. The van der Waals surface area contributed by atoms with Gasteiger partial charge in [-0.3, -0.25) is 9.59 Å². The van der Waals surface area contributed by atoms with Crippen LogP contribution in [0.2, 0.25) is 5.02 Å². The molecule has 7 heteroatoms. The number of aliphatic carboxylic acids is 1. The predicted octanol–water partition coefficient (Wildman–Crippen LogP) is 2.21. The molecule has 1 unspecified atom stereocenters. The lowest BCUT2D eigenvalue weighted by molar-refractivity contribution is -0.137. The van der Waals surface area contributed by atoms with Crippen LogP contribution in [0.5, 0.6) is 0 Å². The Morgan fingerprint density at radius 3 is 2.56 bits per heavy atom. The number of benzene rings is 1. The van der Waals surface area contributed by atoms with Crippen molar-refractivity contribution in [3.63, 3.8) is 0 Å². The van der Waals surface area contributed by atoms with Gasteiger partial charge in [-0.25, -0.2) is 8.78 Å². The van der Waals surface area contributed by atoms with Gasteiger partial charge in [-0.05, 0) is 19.1 Å². The zero-order valence-electron chi connectivity index (χ0n) is 9.34. The van der Waals surface area contributed by atoms with E-state index in [2.05, 4.69) is 5.32 Å². The van der Waals surface area contributed by atoms with E-state index < -0.39 is 40.1 Å². The summed E-state index contributed by atoms with van der Waals surface area (Å²) in [7, 11) is 0. The van der Waals surface area contributed by atoms with Gasteiger partial charge in [0.15, 0.2) is 0 Å². The highest BCUT2D eigenvalue weighted by Gasteiger charge is 2.18. The minimum atomic E-state index is -1.11. The zero-order valence-corrected chi connectivity index (χ0v) is 10.1. The van der Waals surface area contributed by atoms with E-state index >= 15 is 0 Å². The standard InChI is InChI=1S/C11H10ClF2NO3/c1-5(2-10(16)17)15-11(18)6-3-9(14)7(12)4-8(6)13/h3-5H,2H2,1H3,(H,15,18)(H,16,17). The van der Waals surface area contributed by atoms with Crippen LogP contribution in [0.4, 0.5) is 8.78 Å². The third kappa shape index (κ3) is 3.66. The largest absolute Gasteiger partial charge is 0.481 e. The maximum atomic E-state index is 13.4. The third-order valence-corrected chi connectivity index (χ3v) is 2.40. The quantitative estimate of drug-likeness (QED) is 0.829. The summed E-state index contributed by atoms with van der Waals surface area (Å²) in [5.74, 6) is -3.89. The number of nitrogens with one attached hydrogen (secondary N) is 1. The van der Waals surface area contributed by atoms with E-state index in [1.54, 1.807) is 0 Å². The molecule has 98 valence electrons. The fourth-order valence-corrected chi connectivity index (χ4v) is 1.46. The molecule has 4 nitrogen and oxygen atoms in total. The van der Waals surface area contributed by atoms with Crippen molar-refractivity contribution in [3.8, 4) is 0 Å². The SMILES string of the molecule is CC(CC(=O)O)NC(=O)c1cc(F)c(Cl)cc1F. The molecule has 0 aromatic heterocycles. The molecular formula is C11H10ClF2NO3. The molecule has 1 aromatic rings. The number of carbonyl (C=O) groups excluding carboxylic acids is 1. The van der Waals surface area contributed by atoms with Crippen LogP contribution in [0.25, 0.3) is 0 Å². The first-order valence-corrected chi connectivity index (χ1v) is 5.36. The summed E-state index contributed by atoms with van der Waals surface area (Å²) in [5, 5.41) is 10.3. The van der Waals surface area contributed by atoms with E-state index in [9.17, 15) is 18.4 Å². The lowest BCUT2D eigenvalue weighted by atomic mass is 10.1. The van der Waals surface area contributed by atoms with E-state index in [0.29, 0.717) is 12.1 Å². The highest BCUT2D eigenvalue weighted by molar-refractivity contribution is 6.30. The number of carboxylic acids is 1. The van der Waals surface area contributed by atoms with Crippen LogP contribution in [0.3, 0.4) is 0 Å². The molecule has 0 saturated carbocycles. The van der Waals surface area contributed by atoms with Crippen molar-refractivity contribution in [1.82, 2.24) is 5.32 Å². The van der Waals surface area contributed by atoms with E-state index in [1.165, 1.54) is 6.92 Å². The van der Waals surface area contributed by atoms with Gasteiger partial charge in [0.2, 0.25) is 0 Å². The first-order valence-electron chi connectivity index (χ1n) is 4.98. The minimum Gasteiger partial charge on any atom is -0.481 e. The van der Waals surface area contributed by atoms with Gasteiger partial charge in [0.1, 0.15) is 11.6 Å². The van der Waals surface area contributed by atoms with Crippen LogP contribution in [0, 0.1) is 11.6 Å². The second-order valence-electron chi connectivity index (χ2n) is 3.72. The molecule has 0 aliphatic heterocycles. The number of rotatable bonds is 4. The van der Waals surface area contributed by atoms with Crippen molar-refractivity contribution in [2.24, 2.45) is 0 Å². The predicted molar refractivity (Wildman–Crippen MR) is 60.5 cm³/mol. The molecule has 0 radical (unpaired) electrons. The monoisotopic (exact) mass is 277 g/mol. The van der Waals surface area contributed by atoms with E-state index in [1.807, 2.05) is 0 Å². The van der Waals surface area contributed by atoms with Crippen molar-refractivity contribution in [3.05, 3.63) is 34.4 Å². The molecule has 0 saturated heterocycles. The highest BCUT2D eigenvalue weighted by atomic mass is 35.5. The Morgan fingerprint density at radius 1 is 1.39 bits per heavy atom. The fourth-order valence-electron chi connectivity index (χ4n) is 1.31. The van der Waals surface area contributed by atoms with Crippen LogP contribution < -0.4 is 5.32 Å². The van der Waals surface area contributed by atoms with Gasteiger partial charge in [-0.2, -0.15) is 0 Å². The van der Waals surface area contributed by atoms with E-state index in [4.69, 9.17) is 16.7 Å². The highest BCUT2D eigenvalue weighted by Crippen LogP contribution is 2.19. The Morgan fingerprint density at radius 2 is 2.00 bits per heavy atom. The average molecular weight is 278 g/mol. The van der Waals surface area contributed by atoms with Gasteiger partial charge < -0.3 is 10.4 Å². The first-order chi connectivity index (χ1) is 8.31. The van der Waals surface area contributed by atoms with Crippen molar-refractivity contribution in [2.45, 2.75) is 19.4 Å². The molecule has 1 aromatic carbocycles. The minimum absolute atomic E-state index is 0.316. The average Bonchev–Trinajstić information content (AvgIpc) is 2.21. The van der Waals surface area contributed by atoms with Crippen molar-refractivity contribution < 1.29 is 23.5 Å². The Balaban J connectivity index is 2.85. The summed E-state index contributed by atoms with van der Waals surface area (Å²) in [6.07, 6.45) is -0.316. The van der Waals surface area contributed by atoms with E-state index in [-0.39, 0.29) is 6.42 Å². The smallest absolute Gasteiger partial charge is 0.305 e. The number of carboxylic acid groups (broad SMARTS) is 1. The van der Waals surface area contributed by atoms with Crippen molar-refractivity contribution >= 4 is 23.5 Å². The molecule has 1 amide bonds. The molecule has 0 heterocycles. The second kappa shape index (κ2) is 5.77. The molecule has 18 heavy (non-hydrogen) atoms. The molecule has 0 aliphatic rings. The summed E-state index contributed by atoms with van der Waals surface area (Å²) >= 11 is 5.34. The van der Waals surface area contributed by atoms with Gasteiger partial charge in [0.05, 0.1) is 17.0 Å². The summed E-state index contributed by atoms with van der Waals surface area (Å²) < 4.78 is 26.5. The number of halogens is 3. The Hall–Kier alpha value is -1.69. The molecule has 1 atom stereocenters. The van der Waals surface area contributed by atoms with Crippen LogP contribution in [0.1, 0.15) is 23.7 Å². The number of hydrogen-bond donors (Lipinski definition) is 2. The zero-order chi connectivity index (χ0) is 13.9. The molecule has 0 bridgehead atoms. The molecule has 1 rings (SSSR count). The van der Waals surface area contributed by atoms with Gasteiger partial charge in [-0.1, -0.05) is 11.6 Å². The normalized spacial score (nSPS) is 12.0. The Labute approximate surface area is 107 Å². The molecule has 2 N–H and O–H groups in total. The summed E-state index contributed by atoms with van der Waals surface area (Å²) in [6, 6.07) is 0.655. The number of carbonyl (C=O) groups is 2. The van der Waals surface area contributed by atoms with E-state index in [0.717, 1.165) is 0 Å². The van der Waals surface area contributed by atoms with Crippen LogP contribution in [-0.4, -0.2) is 23.0 Å². The van der Waals surface area contributed by atoms with Gasteiger partial charge in [-0.15, -0.1) is 0 Å². The van der Waals surface area contributed by atoms with Crippen LogP contribution in [0.15, 0.2) is 12.1 Å². The Kier molecular flexibility index (Phi) is 4.61.